The van der Waals surface area contributed by atoms with Crippen molar-refractivity contribution in [2.24, 2.45) is 0 Å². The van der Waals surface area contributed by atoms with Gasteiger partial charge in [-0.1, -0.05) is 6.07 Å². The van der Waals surface area contributed by atoms with E-state index in [0.29, 0.717) is 47.1 Å². The fraction of sp³-hybridized carbons (Fsp3) is 0.304. The molecular formula is C23H23N3O5. The number of ether oxygens (including phenoxy) is 2. The summed E-state index contributed by atoms with van der Waals surface area (Å²) >= 11 is 0. The third-order valence-electron chi connectivity index (χ3n) is 6.10. The number of carbonyl (C=O) groups excluding carboxylic acids is 1. The Bertz CT molecular complexity index is 1260. The van der Waals surface area contributed by atoms with Crippen molar-refractivity contribution in [3.63, 3.8) is 0 Å². The summed E-state index contributed by atoms with van der Waals surface area (Å²) in [5, 5.41) is 8.81. The second-order valence-electron chi connectivity index (χ2n) is 7.91. The largest absolute Gasteiger partial charge is 0.493 e. The number of hydrogen-bond donors (Lipinski definition) is 3. The summed E-state index contributed by atoms with van der Waals surface area (Å²) in [5.74, 6) is 2.62. The van der Waals surface area contributed by atoms with Crippen molar-refractivity contribution < 1.29 is 18.7 Å². The summed E-state index contributed by atoms with van der Waals surface area (Å²) in [6.07, 6.45) is 0.962. The molecule has 2 atom stereocenters. The third-order valence-corrected chi connectivity index (χ3v) is 6.10. The number of anilines is 1. The smallest absolute Gasteiger partial charge is 0.270 e. The molecule has 0 spiro atoms. The van der Waals surface area contributed by atoms with E-state index >= 15 is 0 Å². The van der Waals surface area contributed by atoms with E-state index in [1.165, 1.54) is 0 Å². The van der Waals surface area contributed by atoms with Crippen LogP contribution >= 0.6 is 0 Å². The third kappa shape index (κ3) is 3.06. The Morgan fingerprint density at radius 1 is 1.00 bits per heavy atom. The van der Waals surface area contributed by atoms with Crippen molar-refractivity contribution in [2.75, 3.05) is 19.5 Å². The van der Waals surface area contributed by atoms with Crippen LogP contribution in [0.25, 0.3) is 0 Å². The van der Waals surface area contributed by atoms with E-state index < -0.39 is 5.92 Å². The Balaban J connectivity index is 1.58. The number of aromatic nitrogens is 2. The van der Waals surface area contributed by atoms with Gasteiger partial charge in [0.15, 0.2) is 17.3 Å². The molecule has 0 bridgehead atoms. The predicted molar refractivity (Wildman–Crippen MR) is 114 cm³/mol. The topological polar surface area (TPSA) is 109 Å². The van der Waals surface area contributed by atoms with E-state index in [2.05, 4.69) is 15.5 Å². The van der Waals surface area contributed by atoms with Gasteiger partial charge in [0.1, 0.15) is 17.3 Å². The van der Waals surface area contributed by atoms with Crippen LogP contribution in [0, 0.1) is 6.92 Å². The van der Waals surface area contributed by atoms with Gasteiger partial charge in [0.2, 0.25) is 0 Å². The highest BCUT2D eigenvalue weighted by Crippen LogP contribution is 2.47. The molecule has 5 rings (SSSR count). The first-order chi connectivity index (χ1) is 15.0. The second kappa shape index (κ2) is 7.23. The van der Waals surface area contributed by atoms with Crippen molar-refractivity contribution in [2.45, 2.75) is 31.6 Å². The Hall–Kier alpha value is -3.68. The molecule has 0 saturated heterocycles. The number of ketones is 1. The molecule has 31 heavy (non-hydrogen) atoms. The SMILES string of the molecule is COc1ccc(C2CC(=O)C3=C(C2)Nc2[nH][nH]c(=O)c2C3c2ccc(C)o2)cc1OC. The standard InChI is InChI=1S/C23H23N3O5/c1-11-4-6-17(31-11)20-19-14(24-22-21(20)23(28)26-25-22)8-13(9-15(19)27)12-5-7-16(29-2)18(10-12)30-3/h4-7,10,13,20H,8-9H2,1-3H3,(H3,24,25,26,28). The van der Waals surface area contributed by atoms with E-state index in [4.69, 9.17) is 13.9 Å². The zero-order chi connectivity index (χ0) is 21.7. The van der Waals surface area contributed by atoms with E-state index in [-0.39, 0.29) is 17.3 Å². The molecule has 0 radical (unpaired) electrons. The number of carbonyl (C=O) groups is 1. The highest BCUT2D eigenvalue weighted by atomic mass is 16.5. The highest BCUT2D eigenvalue weighted by molar-refractivity contribution is 6.01. The van der Waals surface area contributed by atoms with Crippen LogP contribution in [0.4, 0.5) is 5.82 Å². The average Bonchev–Trinajstić information content (AvgIpc) is 3.37. The Kier molecular flexibility index (Phi) is 4.50. The van der Waals surface area contributed by atoms with Gasteiger partial charge in [-0.05, 0) is 49.1 Å². The Morgan fingerprint density at radius 3 is 2.52 bits per heavy atom. The summed E-state index contributed by atoms with van der Waals surface area (Å²) in [7, 11) is 3.19. The lowest BCUT2D eigenvalue weighted by molar-refractivity contribution is -0.116. The number of Topliss-reactive ketones (excluding diaryl/α,β-unsaturated/α-hetero) is 1. The molecule has 0 amide bonds. The van der Waals surface area contributed by atoms with E-state index in [1.807, 2.05) is 37.3 Å². The molecule has 3 aromatic rings. The van der Waals surface area contributed by atoms with Gasteiger partial charge >= 0.3 is 0 Å². The lowest BCUT2D eigenvalue weighted by Gasteiger charge is -2.33. The number of furan rings is 1. The first kappa shape index (κ1) is 19.3. The van der Waals surface area contributed by atoms with Crippen molar-refractivity contribution in [3.05, 3.63) is 74.6 Å². The number of hydrogen-bond acceptors (Lipinski definition) is 6. The summed E-state index contributed by atoms with van der Waals surface area (Å²) in [6.45, 7) is 1.85. The van der Waals surface area contributed by atoms with Crippen molar-refractivity contribution in [1.29, 1.82) is 0 Å². The molecule has 8 nitrogen and oxygen atoms in total. The fourth-order valence-corrected chi connectivity index (χ4v) is 4.66. The van der Waals surface area contributed by atoms with Crippen LogP contribution in [0.2, 0.25) is 0 Å². The summed E-state index contributed by atoms with van der Waals surface area (Å²) in [5.41, 5.74) is 2.62. The molecule has 2 aromatic heterocycles. The van der Waals surface area contributed by atoms with Crippen molar-refractivity contribution in [1.82, 2.24) is 10.2 Å². The van der Waals surface area contributed by atoms with E-state index in [0.717, 1.165) is 17.0 Å². The molecular weight excluding hydrogens is 398 g/mol. The van der Waals surface area contributed by atoms with Gasteiger partial charge in [0, 0.05) is 17.7 Å². The highest BCUT2D eigenvalue weighted by Gasteiger charge is 2.41. The summed E-state index contributed by atoms with van der Waals surface area (Å²) in [4.78, 5) is 25.9. The first-order valence-corrected chi connectivity index (χ1v) is 10.1. The van der Waals surface area contributed by atoms with Crippen LogP contribution < -0.4 is 20.3 Å². The molecule has 160 valence electrons. The molecule has 2 unspecified atom stereocenters. The molecule has 8 heteroatoms. The number of aromatic amines is 2. The number of nitrogens with one attached hydrogen (secondary N) is 3. The van der Waals surface area contributed by atoms with Crippen LogP contribution in [0.15, 0.2) is 50.8 Å². The number of aryl methyl sites for hydroxylation is 1. The molecule has 1 aliphatic carbocycles. The normalized spacial score (nSPS) is 20.2. The van der Waals surface area contributed by atoms with Gasteiger partial charge in [0.25, 0.3) is 5.56 Å². The number of H-pyrrole nitrogens is 2. The average molecular weight is 421 g/mol. The molecule has 3 N–H and O–H groups in total. The Morgan fingerprint density at radius 2 is 1.81 bits per heavy atom. The molecule has 0 saturated carbocycles. The van der Waals surface area contributed by atoms with E-state index in [1.54, 1.807) is 14.2 Å². The van der Waals surface area contributed by atoms with Gasteiger partial charge in [-0.3, -0.25) is 19.8 Å². The number of benzene rings is 1. The molecule has 3 heterocycles. The number of allylic oxidation sites excluding steroid dienone is 2. The zero-order valence-corrected chi connectivity index (χ0v) is 17.5. The monoisotopic (exact) mass is 421 g/mol. The number of fused-ring (bicyclic) bond motifs is 1. The van der Waals surface area contributed by atoms with Gasteiger partial charge in [-0.15, -0.1) is 0 Å². The molecule has 0 fully saturated rings. The minimum absolute atomic E-state index is 0.00108. The lowest BCUT2D eigenvalue weighted by Crippen LogP contribution is -2.31. The summed E-state index contributed by atoms with van der Waals surface area (Å²) in [6, 6.07) is 9.41. The van der Waals surface area contributed by atoms with Gasteiger partial charge in [-0.25, -0.2) is 0 Å². The van der Waals surface area contributed by atoms with Gasteiger partial charge in [-0.2, -0.15) is 0 Å². The maximum absolute atomic E-state index is 13.4. The van der Waals surface area contributed by atoms with Crippen LogP contribution in [0.5, 0.6) is 11.5 Å². The number of methoxy groups -OCH3 is 2. The van der Waals surface area contributed by atoms with Gasteiger partial charge < -0.3 is 19.2 Å². The fourth-order valence-electron chi connectivity index (χ4n) is 4.66. The predicted octanol–water partition coefficient (Wildman–Crippen LogP) is 3.58. The Labute approximate surface area is 178 Å². The van der Waals surface area contributed by atoms with Crippen LogP contribution in [0.1, 0.15) is 47.3 Å². The van der Waals surface area contributed by atoms with Gasteiger partial charge in [0.05, 0.1) is 25.7 Å². The molecule has 1 aromatic carbocycles. The van der Waals surface area contributed by atoms with Crippen molar-refractivity contribution >= 4 is 11.6 Å². The van der Waals surface area contributed by atoms with E-state index in [9.17, 15) is 9.59 Å². The summed E-state index contributed by atoms with van der Waals surface area (Å²) < 4.78 is 16.6. The van der Waals surface area contributed by atoms with Crippen LogP contribution in [-0.4, -0.2) is 30.2 Å². The molecule has 1 aliphatic heterocycles. The first-order valence-electron chi connectivity index (χ1n) is 10.1. The zero-order valence-electron chi connectivity index (χ0n) is 17.5. The minimum atomic E-state index is -0.534. The van der Waals surface area contributed by atoms with Crippen LogP contribution in [0.3, 0.4) is 0 Å². The van der Waals surface area contributed by atoms with Crippen molar-refractivity contribution in [3.8, 4) is 11.5 Å². The maximum Gasteiger partial charge on any atom is 0.270 e. The maximum atomic E-state index is 13.4. The minimum Gasteiger partial charge on any atom is -0.493 e. The molecule has 2 aliphatic rings. The van der Waals surface area contributed by atoms with Crippen LogP contribution in [-0.2, 0) is 4.79 Å². The second-order valence-corrected chi connectivity index (χ2v) is 7.91. The lowest BCUT2D eigenvalue weighted by atomic mass is 9.74. The quantitative estimate of drug-likeness (QED) is 0.594. The number of rotatable bonds is 4.